The summed E-state index contributed by atoms with van der Waals surface area (Å²) in [6.07, 6.45) is 1.36. The van der Waals surface area contributed by atoms with E-state index in [1.165, 1.54) is 31.5 Å². The number of benzene rings is 1. The molecule has 0 atom stereocenters. The molecule has 68 valence electrons. The molecule has 0 saturated carbocycles. The summed E-state index contributed by atoms with van der Waals surface area (Å²) in [6, 6.07) is 3.78. The van der Waals surface area contributed by atoms with Gasteiger partial charge in [-0.3, -0.25) is 15.1 Å². The van der Waals surface area contributed by atoms with Crippen LogP contribution in [0.15, 0.2) is 23.2 Å². The van der Waals surface area contributed by atoms with Crippen LogP contribution < -0.4 is 0 Å². The highest BCUT2D eigenvalue weighted by molar-refractivity contribution is 5.84. The number of hydrogen-bond donors (Lipinski definition) is 1. The van der Waals surface area contributed by atoms with Crippen LogP contribution in [0, 0.1) is 10.1 Å². The molecule has 0 heterocycles. The van der Waals surface area contributed by atoms with E-state index in [-0.39, 0.29) is 11.4 Å². The molecule has 5 nitrogen and oxygen atoms in total. The highest BCUT2D eigenvalue weighted by atomic mass is 16.6. The van der Waals surface area contributed by atoms with Gasteiger partial charge in [-0.25, -0.2) is 0 Å². The van der Waals surface area contributed by atoms with E-state index in [4.69, 9.17) is 0 Å². The number of phenols is 1. The summed E-state index contributed by atoms with van der Waals surface area (Å²) in [5.41, 5.74) is 0.282. The Bertz CT molecular complexity index is 360. The molecule has 5 heteroatoms. The Balaban J connectivity index is 3.18. The molecule has 1 rings (SSSR count). The molecule has 0 fully saturated rings. The van der Waals surface area contributed by atoms with Gasteiger partial charge < -0.3 is 5.11 Å². The van der Waals surface area contributed by atoms with Gasteiger partial charge >= 0.3 is 0 Å². The number of nitrogens with zero attached hydrogens (tertiary/aromatic N) is 2. The Hall–Kier alpha value is -1.91. The molecule has 0 aliphatic heterocycles. The Morgan fingerprint density at radius 1 is 1.62 bits per heavy atom. The summed E-state index contributed by atoms with van der Waals surface area (Å²) >= 11 is 0. The van der Waals surface area contributed by atoms with Crippen molar-refractivity contribution in [3.05, 3.63) is 33.9 Å². The molecule has 13 heavy (non-hydrogen) atoms. The van der Waals surface area contributed by atoms with Gasteiger partial charge in [-0.15, -0.1) is 0 Å². The molecule has 0 aliphatic carbocycles. The van der Waals surface area contributed by atoms with Crippen LogP contribution >= 0.6 is 0 Å². The number of rotatable bonds is 2. The SMILES string of the molecule is CN=Cc1cc([N+](=O)[O-])ccc1O. The van der Waals surface area contributed by atoms with Gasteiger partial charge in [0.25, 0.3) is 5.69 Å². The van der Waals surface area contributed by atoms with Gasteiger partial charge in [0.15, 0.2) is 0 Å². The van der Waals surface area contributed by atoms with Crippen LogP contribution in [-0.2, 0) is 0 Å². The fourth-order valence-electron chi connectivity index (χ4n) is 0.898. The van der Waals surface area contributed by atoms with E-state index in [9.17, 15) is 15.2 Å². The normalized spacial score (nSPS) is 10.5. The Morgan fingerprint density at radius 3 is 2.85 bits per heavy atom. The summed E-state index contributed by atoms with van der Waals surface area (Å²) in [5.74, 6) is -0.0174. The van der Waals surface area contributed by atoms with E-state index in [1.807, 2.05) is 0 Å². The maximum Gasteiger partial charge on any atom is 0.270 e. The molecular weight excluding hydrogens is 172 g/mol. The molecule has 0 amide bonds. The number of phenolic OH excluding ortho intramolecular Hbond substituents is 1. The van der Waals surface area contributed by atoms with Gasteiger partial charge in [-0.05, 0) is 6.07 Å². The first-order chi connectivity index (χ1) is 6.15. The Kier molecular flexibility index (Phi) is 2.59. The van der Waals surface area contributed by atoms with E-state index in [0.29, 0.717) is 5.56 Å². The van der Waals surface area contributed by atoms with E-state index < -0.39 is 4.92 Å². The molecular formula is C8H8N2O3. The van der Waals surface area contributed by atoms with Gasteiger partial charge in [0, 0.05) is 31.0 Å². The average Bonchev–Trinajstić information content (AvgIpc) is 2.08. The summed E-state index contributed by atoms with van der Waals surface area (Å²) in [7, 11) is 1.53. The van der Waals surface area contributed by atoms with Crippen molar-refractivity contribution in [2.24, 2.45) is 4.99 Å². The molecule has 1 aromatic carbocycles. The number of non-ortho nitro benzene ring substituents is 1. The van der Waals surface area contributed by atoms with E-state index >= 15 is 0 Å². The second kappa shape index (κ2) is 3.66. The summed E-state index contributed by atoms with van der Waals surface area (Å²) < 4.78 is 0. The monoisotopic (exact) mass is 180 g/mol. The lowest BCUT2D eigenvalue weighted by molar-refractivity contribution is -0.384. The molecule has 1 N–H and O–H groups in total. The van der Waals surface area contributed by atoms with Crippen LogP contribution in [0.3, 0.4) is 0 Å². The molecule has 0 bridgehead atoms. The van der Waals surface area contributed by atoms with Crippen molar-refractivity contribution in [1.82, 2.24) is 0 Å². The van der Waals surface area contributed by atoms with Gasteiger partial charge in [0.2, 0.25) is 0 Å². The Labute approximate surface area is 74.5 Å². The third-order valence-corrected chi connectivity index (χ3v) is 1.49. The zero-order valence-corrected chi connectivity index (χ0v) is 6.97. The van der Waals surface area contributed by atoms with Crippen molar-refractivity contribution in [2.45, 2.75) is 0 Å². The van der Waals surface area contributed by atoms with E-state index in [1.54, 1.807) is 0 Å². The highest BCUT2D eigenvalue weighted by Crippen LogP contribution is 2.20. The minimum atomic E-state index is -0.521. The fourth-order valence-corrected chi connectivity index (χ4v) is 0.898. The lowest BCUT2D eigenvalue weighted by atomic mass is 10.2. The van der Waals surface area contributed by atoms with Crippen LogP contribution in [0.25, 0.3) is 0 Å². The van der Waals surface area contributed by atoms with Crippen molar-refractivity contribution < 1.29 is 10.0 Å². The number of aromatic hydroxyl groups is 1. The second-order valence-electron chi connectivity index (χ2n) is 2.39. The maximum absolute atomic E-state index is 10.3. The van der Waals surface area contributed by atoms with Gasteiger partial charge in [-0.2, -0.15) is 0 Å². The third-order valence-electron chi connectivity index (χ3n) is 1.49. The van der Waals surface area contributed by atoms with Crippen LogP contribution in [-0.4, -0.2) is 23.3 Å². The highest BCUT2D eigenvalue weighted by Gasteiger charge is 2.07. The molecule has 0 radical (unpaired) electrons. The maximum atomic E-state index is 10.3. The average molecular weight is 180 g/mol. The lowest BCUT2D eigenvalue weighted by Gasteiger charge is -1.97. The zero-order chi connectivity index (χ0) is 9.84. The van der Waals surface area contributed by atoms with Crippen LogP contribution in [0.2, 0.25) is 0 Å². The standard InChI is InChI=1S/C8H8N2O3/c1-9-5-6-4-7(10(12)13)2-3-8(6)11/h2-5,11H,1H3. The van der Waals surface area contributed by atoms with Crippen molar-refractivity contribution in [3.63, 3.8) is 0 Å². The van der Waals surface area contributed by atoms with Gasteiger partial charge in [0.1, 0.15) is 5.75 Å². The van der Waals surface area contributed by atoms with Crippen molar-refractivity contribution in [1.29, 1.82) is 0 Å². The first-order valence-corrected chi connectivity index (χ1v) is 3.54. The largest absolute Gasteiger partial charge is 0.507 e. The number of hydrogen-bond acceptors (Lipinski definition) is 4. The molecule has 1 aromatic rings. The zero-order valence-electron chi connectivity index (χ0n) is 6.97. The second-order valence-corrected chi connectivity index (χ2v) is 2.39. The fraction of sp³-hybridized carbons (Fsp3) is 0.125. The molecule has 0 saturated heterocycles. The topological polar surface area (TPSA) is 75.7 Å². The minimum absolute atomic E-state index is 0.0174. The van der Waals surface area contributed by atoms with Crippen LogP contribution in [0.5, 0.6) is 5.75 Å². The first kappa shape index (κ1) is 9.18. The summed E-state index contributed by atoms with van der Waals surface area (Å²) in [6.45, 7) is 0. The molecule has 0 spiro atoms. The molecule has 0 aliphatic rings. The predicted octanol–water partition coefficient (Wildman–Crippen LogP) is 1.35. The number of nitro groups is 1. The Morgan fingerprint density at radius 2 is 2.31 bits per heavy atom. The predicted molar refractivity (Wildman–Crippen MR) is 48.3 cm³/mol. The van der Waals surface area contributed by atoms with Crippen LogP contribution in [0.1, 0.15) is 5.56 Å². The lowest BCUT2D eigenvalue weighted by Crippen LogP contribution is -1.90. The summed E-state index contributed by atoms with van der Waals surface area (Å²) in [4.78, 5) is 13.5. The third kappa shape index (κ3) is 2.02. The van der Waals surface area contributed by atoms with Crippen molar-refractivity contribution in [2.75, 3.05) is 7.05 Å². The van der Waals surface area contributed by atoms with Gasteiger partial charge in [-0.1, -0.05) is 0 Å². The summed E-state index contributed by atoms with van der Waals surface area (Å²) in [5, 5.41) is 19.6. The van der Waals surface area contributed by atoms with Crippen molar-refractivity contribution in [3.8, 4) is 5.75 Å². The van der Waals surface area contributed by atoms with Gasteiger partial charge in [0.05, 0.1) is 4.92 Å². The minimum Gasteiger partial charge on any atom is -0.507 e. The van der Waals surface area contributed by atoms with E-state index in [2.05, 4.69) is 4.99 Å². The number of nitro benzene ring substituents is 1. The van der Waals surface area contributed by atoms with Crippen molar-refractivity contribution >= 4 is 11.9 Å². The molecule has 0 unspecified atom stereocenters. The van der Waals surface area contributed by atoms with E-state index in [0.717, 1.165) is 0 Å². The quantitative estimate of drug-likeness (QED) is 0.424. The first-order valence-electron chi connectivity index (χ1n) is 3.54. The molecule has 0 aromatic heterocycles. The van der Waals surface area contributed by atoms with Crippen LogP contribution in [0.4, 0.5) is 5.69 Å². The smallest absolute Gasteiger partial charge is 0.270 e. The number of aliphatic imine (C=N–C) groups is 1.